The summed E-state index contributed by atoms with van der Waals surface area (Å²) in [7, 11) is 0. The number of aliphatic hydroxyl groups excluding tert-OH is 2. The summed E-state index contributed by atoms with van der Waals surface area (Å²) < 4.78 is 1.13. The number of thiophene rings is 1. The first kappa shape index (κ1) is 12.1. The van der Waals surface area contributed by atoms with Crippen LogP contribution in [-0.4, -0.2) is 36.0 Å². The van der Waals surface area contributed by atoms with Crippen molar-refractivity contribution in [3.63, 3.8) is 0 Å². The highest BCUT2D eigenvalue weighted by atomic mass is 79.9. The molecule has 0 fully saturated rings. The third-order valence-electron chi connectivity index (χ3n) is 1.87. The summed E-state index contributed by atoms with van der Waals surface area (Å²) in [6, 6.07) is 3.90. The third-order valence-corrected chi connectivity index (χ3v) is 3.56. The summed E-state index contributed by atoms with van der Waals surface area (Å²) in [5.41, 5.74) is 0. The second kappa shape index (κ2) is 6.53. The van der Waals surface area contributed by atoms with Gasteiger partial charge in [0.15, 0.2) is 0 Å². The molecular formula is C9H14BrNO2S. The molecule has 0 aromatic carbocycles. The fourth-order valence-electron chi connectivity index (χ4n) is 1.07. The Balaban J connectivity index is 2.21. The molecule has 0 aliphatic heterocycles. The molecule has 0 aliphatic rings. The molecule has 1 heterocycles. The predicted octanol–water partition coefficient (Wildman–Crippen LogP) is 0.996. The second-order valence-corrected chi connectivity index (χ2v) is 5.52. The van der Waals surface area contributed by atoms with Crippen LogP contribution in [-0.2, 0) is 6.42 Å². The minimum atomic E-state index is -0.196. The molecule has 3 nitrogen and oxygen atoms in total. The average molecular weight is 280 g/mol. The van der Waals surface area contributed by atoms with Gasteiger partial charge in [0.25, 0.3) is 0 Å². The molecule has 0 amide bonds. The summed E-state index contributed by atoms with van der Waals surface area (Å²) in [6.07, 6.45) is 0.923. The van der Waals surface area contributed by atoms with Crippen LogP contribution in [0.2, 0.25) is 0 Å². The predicted molar refractivity (Wildman–Crippen MR) is 61.7 cm³/mol. The van der Waals surface area contributed by atoms with E-state index in [0.29, 0.717) is 0 Å². The number of aliphatic hydroxyl groups is 2. The van der Waals surface area contributed by atoms with Gasteiger partial charge in [0.05, 0.1) is 23.0 Å². The Morgan fingerprint density at radius 2 is 2.07 bits per heavy atom. The summed E-state index contributed by atoms with van der Waals surface area (Å²) in [4.78, 5) is 1.29. The first-order chi connectivity index (χ1) is 6.76. The van der Waals surface area contributed by atoms with E-state index in [2.05, 4.69) is 27.3 Å². The van der Waals surface area contributed by atoms with Gasteiger partial charge in [0, 0.05) is 11.4 Å². The molecule has 0 radical (unpaired) electrons. The van der Waals surface area contributed by atoms with Crippen LogP contribution in [0.1, 0.15) is 4.88 Å². The number of halogens is 1. The normalized spacial score (nSPS) is 11.1. The van der Waals surface area contributed by atoms with Gasteiger partial charge in [-0.15, -0.1) is 11.3 Å². The Labute approximate surface area is 95.9 Å². The fourth-order valence-corrected chi connectivity index (χ4v) is 2.56. The number of rotatable bonds is 6. The van der Waals surface area contributed by atoms with E-state index in [1.165, 1.54) is 4.88 Å². The van der Waals surface area contributed by atoms with Crippen molar-refractivity contribution >= 4 is 27.3 Å². The van der Waals surface area contributed by atoms with E-state index >= 15 is 0 Å². The summed E-state index contributed by atoms with van der Waals surface area (Å²) in [6.45, 7) is 0.730. The van der Waals surface area contributed by atoms with Crippen molar-refractivity contribution in [3.8, 4) is 0 Å². The van der Waals surface area contributed by atoms with Crippen molar-refractivity contribution in [1.29, 1.82) is 0 Å². The quantitative estimate of drug-likeness (QED) is 0.728. The highest BCUT2D eigenvalue weighted by Gasteiger charge is 2.04. The zero-order valence-electron chi connectivity index (χ0n) is 7.74. The van der Waals surface area contributed by atoms with Gasteiger partial charge in [-0.25, -0.2) is 0 Å². The van der Waals surface area contributed by atoms with Crippen LogP contribution in [0.4, 0.5) is 0 Å². The molecular weight excluding hydrogens is 266 g/mol. The fraction of sp³-hybridized carbons (Fsp3) is 0.556. The molecule has 1 aromatic heterocycles. The zero-order chi connectivity index (χ0) is 10.4. The molecule has 0 atom stereocenters. The topological polar surface area (TPSA) is 52.5 Å². The lowest BCUT2D eigenvalue weighted by Crippen LogP contribution is -2.36. The number of hydrogen-bond donors (Lipinski definition) is 3. The molecule has 0 saturated heterocycles. The van der Waals surface area contributed by atoms with E-state index in [9.17, 15) is 0 Å². The van der Waals surface area contributed by atoms with Gasteiger partial charge < -0.3 is 15.5 Å². The van der Waals surface area contributed by atoms with E-state index < -0.39 is 0 Å². The highest BCUT2D eigenvalue weighted by Crippen LogP contribution is 2.21. The Hall–Kier alpha value is 0.0600. The summed E-state index contributed by atoms with van der Waals surface area (Å²) in [5, 5.41) is 20.7. The number of hydrogen-bond acceptors (Lipinski definition) is 4. The van der Waals surface area contributed by atoms with Crippen LogP contribution in [0.5, 0.6) is 0 Å². The SMILES string of the molecule is OCC(CO)NCCc1ccc(Br)s1. The average Bonchev–Trinajstić information content (AvgIpc) is 2.59. The molecule has 80 valence electrons. The van der Waals surface area contributed by atoms with E-state index in [4.69, 9.17) is 10.2 Å². The van der Waals surface area contributed by atoms with Crippen LogP contribution in [0.15, 0.2) is 15.9 Å². The first-order valence-electron chi connectivity index (χ1n) is 4.45. The van der Waals surface area contributed by atoms with Crippen LogP contribution >= 0.6 is 27.3 Å². The maximum atomic E-state index is 8.80. The lowest BCUT2D eigenvalue weighted by atomic mass is 10.3. The van der Waals surface area contributed by atoms with E-state index in [-0.39, 0.29) is 19.3 Å². The molecule has 5 heteroatoms. The Bertz CT molecular complexity index is 263. The van der Waals surface area contributed by atoms with Crippen molar-refractivity contribution in [3.05, 3.63) is 20.8 Å². The van der Waals surface area contributed by atoms with Gasteiger partial charge in [-0.05, 0) is 34.5 Å². The van der Waals surface area contributed by atoms with Crippen LogP contribution in [0.3, 0.4) is 0 Å². The largest absolute Gasteiger partial charge is 0.395 e. The first-order valence-corrected chi connectivity index (χ1v) is 6.06. The van der Waals surface area contributed by atoms with Crippen LogP contribution in [0, 0.1) is 0 Å². The summed E-state index contributed by atoms with van der Waals surface area (Å²) in [5.74, 6) is 0. The van der Waals surface area contributed by atoms with Crippen molar-refractivity contribution in [2.24, 2.45) is 0 Å². The van der Waals surface area contributed by atoms with Crippen molar-refractivity contribution < 1.29 is 10.2 Å². The standard InChI is InChI=1S/C9H14BrNO2S/c10-9-2-1-8(14-9)3-4-11-7(5-12)6-13/h1-2,7,11-13H,3-6H2. The van der Waals surface area contributed by atoms with Crippen molar-refractivity contribution in [2.75, 3.05) is 19.8 Å². The van der Waals surface area contributed by atoms with Gasteiger partial charge in [-0.2, -0.15) is 0 Å². The van der Waals surface area contributed by atoms with Crippen molar-refractivity contribution in [1.82, 2.24) is 5.32 Å². The number of nitrogens with one attached hydrogen (secondary N) is 1. The van der Waals surface area contributed by atoms with Crippen LogP contribution in [0.25, 0.3) is 0 Å². The van der Waals surface area contributed by atoms with Crippen molar-refractivity contribution in [2.45, 2.75) is 12.5 Å². The third kappa shape index (κ3) is 4.06. The molecule has 3 N–H and O–H groups in total. The Kier molecular flexibility index (Phi) is 5.66. The van der Waals surface area contributed by atoms with Gasteiger partial charge in [-0.3, -0.25) is 0 Å². The molecule has 1 aromatic rings. The molecule has 0 unspecified atom stereocenters. The van der Waals surface area contributed by atoms with E-state index in [1.807, 2.05) is 6.07 Å². The maximum absolute atomic E-state index is 8.80. The second-order valence-electron chi connectivity index (χ2n) is 2.97. The minimum Gasteiger partial charge on any atom is -0.395 e. The smallest absolute Gasteiger partial charge is 0.0701 e. The molecule has 0 saturated carbocycles. The zero-order valence-corrected chi connectivity index (χ0v) is 10.1. The lowest BCUT2D eigenvalue weighted by Gasteiger charge is -2.12. The van der Waals surface area contributed by atoms with E-state index in [1.54, 1.807) is 11.3 Å². The molecule has 0 spiro atoms. The maximum Gasteiger partial charge on any atom is 0.0701 e. The van der Waals surface area contributed by atoms with Gasteiger partial charge in [-0.1, -0.05) is 0 Å². The highest BCUT2D eigenvalue weighted by molar-refractivity contribution is 9.11. The van der Waals surface area contributed by atoms with Gasteiger partial charge in [0.1, 0.15) is 0 Å². The van der Waals surface area contributed by atoms with Gasteiger partial charge in [0.2, 0.25) is 0 Å². The monoisotopic (exact) mass is 279 g/mol. The van der Waals surface area contributed by atoms with E-state index in [0.717, 1.165) is 16.8 Å². The minimum absolute atomic E-state index is 0.0232. The molecule has 1 rings (SSSR count). The molecule has 0 aliphatic carbocycles. The Morgan fingerprint density at radius 3 is 2.57 bits per heavy atom. The molecule has 0 bridgehead atoms. The van der Waals surface area contributed by atoms with Crippen LogP contribution < -0.4 is 5.32 Å². The van der Waals surface area contributed by atoms with Gasteiger partial charge >= 0.3 is 0 Å². The lowest BCUT2D eigenvalue weighted by molar-refractivity contribution is 0.172. The Morgan fingerprint density at radius 1 is 1.36 bits per heavy atom. The molecule has 14 heavy (non-hydrogen) atoms. The summed E-state index contributed by atoms with van der Waals surface area (Å²) >= 11 is 5.10.